The molecule has 1 saturated carbocycles. The van der Waals surface area contributed by atoms with Gasteiger partial charge >= 0.3 is 5.97 Å². The van der Waals surface area contributed by atoms with Crippen molar-refractivity contribution in [3.05, 3.63) is 71.7 Å². The molecule has 0 saturated heterocycles. The quantitative estimate of drug-likeness (QED) is 0.498. The van der Waals surface area contributed by atoms with Crippen LogP contribution in [0.25, 0.3) is 28.1 Å². The van der Waals surface area contributed by atoms with Gasteiger partial charge in [0.1, 0.15) is 5.82 Å². The number of hydrogen-bond donors (Lipinski definition) is 3. The van der Waals surface area contributed by atoms with Gasteiger partial charge in [-0.2, -0.15) is 0 Å². The number of aromatic nitrogens is 1. The van der Waals surface area contributed by atoms with Crippen molar-refractivity contribution in [1.29, 1.82) is 0 Å². The summed E-state index contributed by atoms with van der Waals surface area (Å²) >= 11 is 0. The first-order valence-corrected chi connectivity index (χ1v) is 10.4. The predicted molar refractivity (Wildman–Crippen MR) is 117 cm³/mol. The lowest BCUT2D eigenvalue weighted by atomic mass is 9.92. The standard InChI is InChI=1S/C25H24FNO4/c26-17-9-7-15(8-10-17)24-20-3-1-2-4-22(20)27-25(16-5-6-16)21(24)12-11-18(28)13-19(29)14-23(30)31/h1-4,7-12,16,18-19,28-29H,5-6,13-14H2,(H,30,31)/b12-11+. The Labute approximate surface area is 179 Å². The van der Waals surface area contributed by atoms with Gasteiger partial charge in [0.15, 0.2) is 0 Å². The summed E-state index contributed by atoms with van der Waals surface area (Å²) in [4.78, 5) is 15.6. The third kappa shape index (κ3) is 4.98. The number of rotatable bonds is 8. The monoisotopic (exact) mass is 421 g/mol. The number of hydrogen-bond acceptors (Lipinski definition) is 4. The van der Waals surface area contributed by atoms with Crippen molar-refractivity contribution >= 4 is 22.9 Å². The fraction of sp³-hybridized carbons (Fsp3) is 0.280. The van der Waals surface area contributed by atoms with E-state index >= 15 is 0 Å². The molecule has 2 aromatic carbocycles. The fourth-order valence-corrected chi connectivity index (χ4v) is 3.86. The Morgan fingerprint density at radius 1 is 1.13 bits per heavy atom. The van der Waals surface area contributed by atoms with Crippen molar-refractivity contribution < 1.29 is 24.5 Å². The molecule has 0 aliphatic heterocycles. The summed E-state index contributed by atoms with van der Waals surface area (Å²) in [5, 5.41) is 29.9. The molecular weight excluding hydrogens is 397 g/mol. The maximum atomic E-state index is 13.6. The Bertz CT molecular complexity index is 1120. The Kier molecular flexibility index (Phi) is 6.11. The fourth-order valence-electron chi connectivity index (χ4n) is 3.86. The number of fused-ring (bicyclic) bond motifs is 1. The lowest BCUT2D eigenvalue weighted by Crippen LogP contribution is -2.19. The number of nitrogens with zero attached hydrogens (tertiary/aromatic N) is 1. The summed E-state index contributed by atoms with van der Waals surface area (Å²) in [5.74, 6) is -1.10. The molecule has 0 radical (unpaired) electrons. The van der Waals surface area contributed by atoms with Gasteiger partial charge in [-0.3, -0.25) is 9.78 Å². The lowest BCUT2D eigenvalue weighted by Gasteiger charge is -2.16. The van der Waals surface area contributed by atoms with Crippen molar-refractivity contribution in [2.24, 2.45) is 0 Å². The van der Waals surface area contributed by atoms with E-state index in [9.17, 15) is 19.4 Å². The molecule has 160 valence electrons. The minimum absolute atomic E-state index is 0.0749. The van der Waals surface area contributed by atoms with E-state index in [-0.39, 0.29) is 12.2 Å². The second-order valence-electron chi connectivity index (χ2n) is 8.00. The number of carboxylic acids is 1. The first-order chi connectivity index (χ1) is 14.9. The third-order valence-electron chi connectivity index (χ3n) is 5.47. The highest BCUT2D eigenvalue weighted by atomic mass is 19.1. The number of para-hydroxylation sites is 1. The summed E-state index contributed by atoms with van der Waals surface area (Å²) in [6.07, 6.45) is 2.80. The smallest absolute Gasteiger partial charge is 0.305 e. The summed E-state index contributed by atoms with van der Waals surface area (Å²) in [7, 11) is 0. The van der Waals surface area contributed by atoms with Crippen LogP contribution >= 0.6 is 0 Å². The van der Waals surface area contributed by atoms with Crippen LogP contribution in [-0.4, -0.2) is 38.5 Å². The molecule has 4 rings (SSSR count). The first-order valence-electron chi connectivity index (χ1n) is 10.4. The maximum absolute atomic E-state index is 13.6. The third-order valence-corrected chi connectivity index (χ3v) is 5.47. The van der Waals surface area contributed by atoms with Gasteiger partial charge in [-0.25, -0.2) is 4.39 Å². The first kappa shape index (κ1) is 21.2. The number of carboxylic acid groups (broad SMARTS) is 1. The molecule has 5 nitrogen and oxygen atoms in total. The molecule has 1 heterocycles. The van der Waals surface area contributed by atoms with E-state index in [0.717, 1.165) is 46.1 Å². The summed E-state index contributed by atoms with van der Waals surface area (Å²) in [5.41, 5.74) is 4.43. The van der Waals surface area contributed by atoms with Crippen LogP contribution in [0.4, 0.5) is 4.39 Å². The Balaban J connectivity index is 1.79. The van der Waals surface area contributed by atoms with Gasteiger partial charge in [0, 0.05) is 28.9 Å². The molecule has 0 bridgehead atoms. The van der Waals surface area contributed by atoms with E-state index in [2.05, 4.69) is 0 Å². The van der Waals surface area contributed by atoms with E-state index in [1.807, 2.05) is 24.3 Å². The molecule has 2 unspecified atom stereocenters. The van der Waals surface area contributed by atoms with Gasteiger partial charge in [0.05, 0.1) is 29.8 Å². The van der Waals surface area contributed by atoms with E-state index in [4.69, 9.17) is 10.1 Å². The van der Waals surface area contributed by atoms with Crippen LogP contribution < -0.4 is 0 Å². The van der Waals surface area contributed by atoms with Crippen LogP contribution in [0.2, 0.25) is 0 Å². The Hall–Kier alpha value is -3.09. The lowest BCUT2D eigenvalue weighted by molar-refractivity contribution is -0.139. The number of pyridine rings is 1. The normalized spacial score (nSPS) is 16.0. The molecule has 2 atom stereocenters. The van der Waals surface area contributed by atoms with E-state index in [1.54, 1.807) is 24.3 Å². The van der Waals surface area contributed by atoms with Gasteiger partial charge < -0.3 is 15.3 Å². The van der Waals surface area contributed by atoms with Gasteiger partial charge in [0.2, 0.25) is 0 Å². The maximum Gasteiger partial charge on any atom is 0.305 e. The highest BCUT2D eigenvalue weighted by molar-refractivity contribution is 5.99. The molecule has 31 heavy (non-hydrogen) atoms. The van der Waals surface area contributed by atoms with Crippen LogP contribution in [0.5, 0.6) is 0 Å². The number of aliphatic carboxylic acids is 1. The molecule has 0 amide bonds. The second kappa shape index (κ2) is 8.96. The summed E-state index contributed by atoms with van der Waals surface area (Å²) in [6.45, 7) is 0. The Morgan fingerprint density at radius 2 is 1.84 bits per heavy atom. The van der Waals surface area contributed by atoms with Crippen molar-refractivity contribution in [2.75, 3.05) is 0 Å². The topological polar surface area (TPSA) is 90.7 Å². The van der Waals surface area contributed by atoms with Crippen LogP contribution in [0.3, 0.4) is 0 Å². The van der Waals surface area contributed by atoms with Crippen molar-refractivity contribution in [2.45, 2.75) is 43.8 Å². The van der Waals surface area contributed by atoms with E-state index in [0.29, 0.717) is 5.92 Å². The van der Waals surface area contributed by atoms with Crippen molar-refractivity contribution in [3.8, 4) is 11.1 Å². The zero-order valence-electron chi connectivity index (χ0n) is 16.9. The van der Waals surface area contributed by atoms with Crippen LogP contribution in [0.15, 0.2) is 54.6 Å². The minimum Gasteiger partial charge on any atom is -0.481 e. The van der Waals surface area contributed by atoms with E-state index in [1.165, 1.54) is 12.1 Å². The van der Waals surface area contributed by atoms with Gasteiger partial charge in [-0.1, -0.05) is 42.5 Å². The predicted octanol–water partition coefficient (Wildman–Crippen LogP) is 4.52. The van der Waals surface area contributed by atoms with Gasteiger partial charge in [-0.05, 0) is 36.6 Å². The zero-order valence-corrected chi connectivity index (χ0v) is 16.9. The molecule has 1 aliphatic carbocycles. The molecule has 6 heteroatoms. The Morgan fingerprint density at radius 3 is 2.52 bits per heavy atom. The summed E-state index contributed by atoms with van der Waals surface area (Å²) < 4.78 is 13.6. The molecule has 1 aliphatic rings. The molecular formula is C25H24FNO4. The minimum atomic E-state index is -1.13. The van der Waals surface area contributed by atoms with Crippen molar-refractivity contribution in [1.82, 2.24) is 4.98 Å². The summed E-state index contributed by atoms with van der Waals surface area (Å²) in [6, 6.07) is 14.1. The number of halogens is 1. The number of aliphatic hydroxyl groups is 2. The average molecular weight is 421 g/mol. The molecule has 0 spiro atoms. The molecule has 3 N–H and O–H groups in total. The highest BCUT2D eigenvalue weighted by Gasteiger charge is 2.29. The van der Waals surface area contributed by atoms with Crippen LogP contribution in [-0.2, 0) is 4.79 Å². The average Bonchev–Trinajstić information content (AvgIpc) is 3.56. The van der Waals surface area contributed by atoms with Gasteiger partial charge in [-0.15, -0.1) is 0 Å². The highest BCUT2D eigenvalue weighted by Crippen LogP contribution is 2.45. The molecule has 1 fully saturated rings. The number of carbonyl (C=O) groups is 1. The second-order valence-corrected chi connectivity index (χ2v) is 8.00. The van der Waals surface area contributed by atoms with Gasteiger partial charge in [0.25, 0.3) is 0 Å². The molecule has 3 aromatic rings. The SMILES string of the molecule is O=C(O)CC(O)CC(O)/C=C/c1c(C2CC2)nc2ccccc2c1-c1ccc(F)cc1. The largest absolute Gasteiger partial charge is 0.481 e. The van der Waals surface area contributed by atoms with Crippen LogP contribution in [0, 0.1) is 5.82 Å². The van der Waals surface area contributed by atoms with Crippen molar-refractivity contribution in [3.63, 3.8) is 0 Å². The zero-order chi connectivity index (χ0) is 22.0. The number of aliphatic hydroxyl groups excluding tert-OH is 2. The van der Waals surface area contributed by atoms with Crippen LogP contribution in [0.1, 0.15) is 42.9 Å². The number of benzene rings is 2. The van der Waals surface area contributed by atoms with E-state index < -0.39 is 24.6 Å². The molecule has 1 aromatic heterocycles.